The first-order valence-corrected chi connectivity index (χ1v) is 18.4. The van der Waals surface area contributed by atoms with Crippen LogP contribution in [0.1, 0.15) is 41.5 Å². The van der Waals surface area contributed by atoms with Crippen molar-refractivity contribution in [2.45, 2.75) is 78.2 Å². The van der Waals surface area contributed by atoms with Gasteiger partial charge in [-0.25, -0.2) is 0 Å². The molecule has 0 spiro atoms. The highest BCUT2D eigenvalue weighted by atomic mass is 16.3. The van der Waals surface area contributed by atoms with Crippen molar-refractivity contribution < 1.29 is 30.6 Å². The fourth-order valence-electron chi connectivity index (χ4n) is 7.49. The van der Waals surface area contributed by atoms with Crippen molar-refractivity contribution in [3.05, 3.63) is 0 Å². The van der Waals surface area contributed by atoms with Crippen molar-refractivity contribution in [2.75, 3.05) is 139 Å². The first kappa shape index (κ1) is 42.8. The van der Waals surface area contributed by atoms with Crippen LogP contribution in [0.25, 0.3) is 0 Å². The van der Waals surface area contributed by atoms with E-state index >= 15 is 0 Å². The number of hydrogen-bond acceptors (Lipinski definition) is 16. The Hall–Kier alpha value is -0.640. The normalized spacial score (nSPS) is 25.2. The molecule has 6 atom stereocenters. The van der Waals surface area contributed by atoms with Gasteiger partial charge in [0.2, 0.25) is 0 Å². The van der Waals surface area contributed by atoms with Gasteiger partial charge in [0.1, 0.15) is 0 Å². The highest BCUT2D eigenvalue weighted by Crippen LogP contribution is 2.13. The molecule has 3 heterocycles. The van der Waals surface area contributed by atoms with Gasteiger partial charge in [-0.3, -0.25) is 49.0 Å². The van der Waals surface area contributed by atoms with E-state index in [1.807, 2.05) is 41.5 Å². The fourth-order valence-corrected chi connectivity index (χ4v) is 7.49. The van der Waals surface area contributed by atoms with E-state index in [1.54, 1.807) is 0 Å². The average molecular weight is 705 g/mol. The van der Waals surface area contributed by atoms with Crippen LogP contribution < -0.4 is 0 Å². The van der Waals surface area contributed by atoms with E-state index < -0.39 is 36.6 Å². The lowest BCUT2D eigenvalue weighted by Crippen LogP contribution is -2.60. The zero-order valence-corrected chi connectivity index (χ0v) is 31.5. The minimum absolute atomic E-state index is 0.428. The quantitative estimate of drug-likeness (QED) is 0.0717. The van der Waals surface area contributed by atoms with Crippen molar-refractivity contribution >= 4 is 0 Å². The number of β-amino-alcohol motifs (C(OH)–C–C–N with tert-alkyl or cyclic N) is 6. The van der Waals surface area contributed by atoms with Gasteiger partial charge in [-0.05, 0) is 41.5 Å². The summed E-state index contributed by atoms with van der Waals surface area (Å²) in [5.74, 6) is 0. The standard InChI is InChI=1S/C33H72N10O6/c1-28(44)13-38-19-35(20-39(25-38)14-29(2)45)10-7-34(8-11-36-21-40(15-30(3)46)26-41(22-36)16-31(4)47)9-12-37-23-42(17-32(5)48)27-43(24-37)18-33(6)49/h28-33,44-49H,7-27H2,1-6H3. The minimum atomic E-state index is -0.428. The Morgan fingerprint density at radius 1 is 0.327 bits per heavy atom. The smallest absolute Gasteiger partial charge is 0.0640 e. The lowest BCUT2D eigenvalue weighted by atomic mass is 10.3. The molecule has 0 aromatic rings. The number of aliphatic hydroxyl groups is 6. The molecule has 0 radical (unpaired) electrons. The summed E-state index contributed by atoms with van der Waals surface area (Å²) in [6.45, 7) is 26.2. The molecule has 0 aromatic carbocycles. The summed E-state index contributed by atoms with van der Waals surface area (Å²) in [5, 5.41) is 60.7. The Bertz CT molecular complexity index is 728. The predicted octanol–water partition coefficient (Wildman–Crippen LogP) is -3.05. The third-order valence-electron chi connectivity index (χ3n) is 8.93. The summed E-state index contributed by atoms with van der Waals surface area (Å²) in [4.78, 5) is 23.1. The first-order chi connectivity index (χ1) is 23.1. The van der Waals surface area contributed by atoms with Crippen LogP contribution in [-0.4, -0.2) is 255 Å². The Morgan fingerprint density at radius 3 is 0.653 bits per heavy atom. The zero-order chi connectivity index (χ0) is 36.1. The third-order valence-corrected chi connectivity index (χ3v) is 8.93. The molecule has 0 bridgehead atoms. The van der Waals surface area contributed by atoms with Crippen LogP contribution in [0.4, 0.5) is 0 Å². The molecular formula is C33H72N10O6. The molecule has 49 heavy (non-hydrogen) atoms. The van der Waals surface area contributed by atoms with Gasteiger partial charge in [-0.2, -0.15) is 0 Å². The summed E-state index contributed by atoms with van der Waals surface area (Å²) in [7, 11) is 0. The van der Waals surface area contributed by atoms with Gasteiger partial charge in [-0.15, -0.1) is 0 Å². The van der Waals surface area contributed by atoms with Crippen LogP contribution in [0, 0.1) is 0 Å². The van der Waals surface area contributed by atoms with E-state index in [-0.39, 0.29) is 0 Å². The maximum absolute atomic E-state index is 10.1. The molecule has 0 aliphatic carbocycles. The molecule has 0 saturated carbocycles. The third kappa shape index (κ3) is 17.6. The summed E-state index contributed by atoms with van der Waals surface area (Å²) >= 11 is 0. The Morgan fingerprint density at radius 2 is 0.490 bits per heavy atom. The van der Waals surface area contributed by atoms with Crippen LogP contribution in [-0.2, 0) is 0 Å². The van der Waals surface area contributed by atoms with Gasteiger partial charge < -0.3 is 30.6 Å². The van der Waals surface area contributed by atoms with E-state index in [2.05, 4.69) is 49.0 Å². The molecule has 290 valence electrons. The fraction of sp³-hybridized carbons (Fsp3) is 1.00. The molecule has 6 unspecified atom stereocenters. The van der Waals surface area contributed by atoms with Crippen LogP contribution in [0.15, 0.2) is 0 Å². The molecule has 16 nitrogen and oxygen atoms in total. The Labute approximate surface area is 296 Å². The second-order valence-corrected chi connectivity index (χ2v) is 15.5. The molecule has 3 aliphatic rings. The van der Waals surface area contributed by atoms with E-state index in [0.717, 1.165) is 99.3 Å². The number of aliphatic hydroxyl groups excluding tert-OH is 6. The van der Waals surface area contributed by atoms with Gasteiger partial charge in [-0.1, -0.05) is 0 Å². The number of nitrogens with zero attached hydrogens (tertiary/aromatic N) is 10. The van der Waals surface area contributed by atoms with Gasteiger partial charge in [0.05, 0.1) is 96.6 Å². The van der Waals surface area contributed by atoms with Gasteiger partial charge in [0.25, 0.3) is 0 Å². The molecule has 6 N–H and O–H groups in total. The highest BCUT2D eigenvalue weighted by molar-refractivity contribution is 4.78. The summed E-state index contributed by atoms with van der Waals surface area (Å²) in [6.07, 6.45) is -2.57. The summed E-state index contributed by atoms with van der Waals surface area (Å²) < 4.78 is 0. The van der Waals surface area contributed by atoms with E-state index in [4.69, 9.17) is 0 Å². The Balaban J connectivity index is 1.69. The van der Waals surface area contributed by atoms with Gasteiger partial charge in [0, 0.05) is 78.5 Å². The van der Waals surface area contributed by atoms with Gasteiger partial charge >= 0.3 is 0 Å². The van der Waals surface area contributed by atoms with Crippen molar-refractivity contribution in [1.82, 2.24) is 49.0 Å². The van der Waals surface area contributed by atoms with Crippen LogP contribution in [0.3, 0.4) is 0 Å². The van der Waals surface area contributed by atoms with E-state index in [0.29, 0.717) is 39.3 Å². The molecule has 0 amide bonds. The van der Waals surface area contributed by atoms with Crippen LogP contribution in [0.2, 0.25) is 0 Å². The van der Waals surface area contributed by atoms with Crippen molar-refractivity contribution in [1.29, 1.82) is 0 Å². The maximum atomic E-state index is 10.1. The largest absolute Gasteiger partial charge is 0.392 e. The van der Waals surface area contributed by atoms with E-state index in [1.165, 1.54) is 0 Å². The lowest BCUT2D eigenvalue weighted by molar-refractivity contribution is -0.0674. The topological polar surface area (TPSA) is 154 Å². The summed E-state index contributed by atoms with van der Waals surface area (Å²) in [6, 6.07) is 0. The molecule has 3 aliphatic heterocycles. The van der Waals surface area contributed by atoms with Crippen molar-refractivity contribution in [3.63, 3.8) is 0 Å². The average Bonchev–Trinajstić information content (AvgIpc) is 2.94. The molecule has 3 rings (SSSR count). The van der Waals surface area contributed by atoms with E-state index in [9.17, 15) is 30.6 Å². The molecule has 16 heteroatoms. The van der Waals surface area contributed by atoms with Gasteiger partial charge in [0.15, 0.2) is 0 Å². The Kier molecular flexibility index (Phi) is 19.0. The summed E-state index contributed by atoms with van der Waals surface area (Å²) in [5.41, 5.74) is 0. The second-order valence-electron chi connectivity index (χ2n) is 15.5. The number of rotatable bonds is 21. The molecule has 3 saturated heterocycles. The maximum Gasteiger partial charge on any atom is 0.0640 e. The van der Waals surface area contributed by atoms with Crippen molar-refractivity contribution in [3.8, 4) is 0 Å². The molecule has 3 fully saturated rings. The zero-order valence-electron chi connectivity index (χ0n) is 31.5. The van der Waals surface area contributed by atoms with Crippen molar-refractivity contribution in [2.24, 2.45) is 0 Å². The molecule has 0 aromatic heterocycles. The molecular weight excluding hydrogens is 632 g/mol. The number of hydrogen-bond donors (Lipinski definition) is 6. The highest BCUT2D eigenvalue weighted by Gasteiger charge is 2.29. The lowest BCUT2D eigenvalue weighted by Gasteiger charge is -2.45. The van der Waals surface area contributed by atoms with Crippen LogP contribution >= 0.6 is 0 Å². The monoisotopic (exact) mass is 705 g/mol. The van der Waals surface area contributed by atoms with Crippen LogP contribution in [0.5, 0.6) is 0 Å². The predicted molar refractivity (Wildman–Crippen MR) is 191 cm³/mol. The second kappa shape index (κ2) is 21.8. The SMILES string of the molecule is CC(O)CN1CN(CCN(CCN2CN(CC(C)O)CN(CC(C)O)C2)CCN2CN(CC(C)O)CN(CC(C)O)C2)CN(CC(C)O)C1. The first-order valence-electron chi connectivity index (χ1n) is 18.4. The minimum Gasteiger partial charge on any atom is -0.392 e.